The van der Waals surface area contributed by atoms with Crippen molar-refractivity contribution in [3.05, 3.63) is 108 Å². The second-order valence-corrected chi connectivity index (χ2v) is 10.6. The normalized spacial score (nSPS) is 12.5. The van der Waals surface area contributed by atoms with E-state index in [1.165, 1.54) is 4.90 Å². The molecule has 0 bridgehead atoms. The second kappa shape index (κ2) is 13.6. The highest BCUT2D eigenvalue weighted by Gasteiger charge is 2.36. The number of alkyl carbamates (subject to hydrolysis) is 1. The molecule has 0 saturated heterocycles. The summed E-state index contributed by atoms with van der Waals surface area (Å²) in [6.07, 6.45) is 1.22. The molecule has 0 radical (unpaired) electrons. The number of amides is 3. The monoisotopic (exact) mass is 541 g/mol. The van der Waals surface area contributed by atoms with Gasteiger partial charge in [0.05, 0.1) is 0 Å². The van der Waals surface area contributed by atoms with Crippen molar-refractivity contribution in [2.45, 2.75) is 58.7 Å². The average molecular weight is 542 g/mol. The molecule has 7 heteroatoms. The number of nitrogens with zero attached hydrogens (tertiary/aromatic N) is 1. The van der Waals surface area contributed by atoms with Crippen molar-refractivity contribution in [1.29, 1.82) is 0 Å². The SMILES string of the molecule is C=Cc1cccc(C(C(=O)Nc2ccccc2C)N(CC)C(=O)C(Cc2ccccc2)NC(=O)OC(C)(C)C)c1. The largest absolute Gasteiger partial charge is 0.444 e. The Labute approximate surface area is 237 Å². The molecule has 0 aliphatic rings. The zero-order chi connectivity index (χ0) is 29.3. The average Bonchev–Trinajstić information content (AvgIpc) is 2.91. The highest BCUT2D eigenvalue weighted by molar-refractivity contribution is 5.99. The Morgan fingerprint density at radius 2 is 1.65 bits per heavy atom. The van der Waals surface area contributed by atoms with Gasteiger partial charge >= 0.3 is 6.09 Å². The van der Waals surface area contributed by atoms with E-state index in [1.807, 2.05) is 92.7 Å². The molecule has 3 amide bonds. The summed E-state index contributed by atoms with van der Waals surface area (Å²) in [4.78, 5) is 42.5. The van der Waals surface area contributed by atoms with Crippen LogP contribution in [-0.4, -0.2) is 41.0 Å². The quantitative estimate of drug-likeness (QED) is 0.315. The number of hydrogen-bond acceptors (Lipinski definition) is 4. The van der Waals surface area contributed by atoms with Crippen LogP contribution < -0.4 is 10.6 Å². The van der Waals surface area contributed by atoms with Gasteiger partial charge in [-0.2, -0.15) is 0 Å². The minimum Gasteiger partial charge on any atom is -0.444 e. The molecule has 7 nitrogen and oxygen atoms in total. The molecule has 0 spiro atoms. The Balaban J connectivity index is 2.03. The van der Waals surface area contributed by atoms with Crippen LogP contribution in [-0.2, 0) is 20.7 Å². The van der Waals surface area contributed by atoms with Gasteiger partial charge in [-0.25, -0.2) is 4.79 Å². The number of carbonyl (C=O) groups is 3. The van der Waals surface area contributed by atoms with Gasteiger partial charge in [0, 0.05) is 18.7 Å². The topological polar surface area (TPSA) is 87.7 Å². The van der Waals surface area contributed by atoms with E-state index >= 15 is 0 Å². The van der Waals surface area contributed by atoms with Crippen molar-refractivity contribution in [3.8, 4) is 0 Å². The maximum Gasteiger partial charge on any atom is 0.408 e. The van der Waals surface area contributed by atoms with Crippen molar-refractivity contribution < 1.29 is 19.1 Å². The van der Waals surface area contributed by atoms with E-state index in [0.717, 1.165) is 16.7 Å². The summed E-state index contributed by atoms with van der Waals surface area (Å²) >= 11 is 0. The van der Waals surface area contributed by atoms with Gasteiger partial charge in [0.25, 0.3) is 5.91 Å². The van der Waals surface area contributed by atoms with E-state index in [1.54, 1.807) is 26.8 Å². The summed E-state index contributed by atoms with van der Waals surface area (Å²) in [5, 5.41) is 5.77. The molecular weight excluding hydrogens is 502 g/mol. The van der Waals surface area contributed by atoms with Gasteiger partial charge in [0.2, 0.25) is 5.91 Å². The maximum absolute atomic E-state index is 14.2. The summed E-state index contributed by atoms with van der Waals surface area (Å²) < 4.78 is 5.47. The molecule has 0 fully saturated rings. The zero-order valence-corrected chi connectivity index (χ0v) is 23.9. The number of benzene rings is 3. The molecular formula is C33H39N3O4. The van der Waals surface area contributed by atoms with Gasteiger partial charge in [-0.1, -0.05) is 79.4 Å². The standard InChI is InChI=1S/C33H39N3O4/c1-7-24-18-14-19-26(21-24)29(30(37)34-27-20-13-12-15-23(27)3)36(8-2)31(38)28(22-25-16-10-9-11-17-25)35-32(39)40-33(4,5)6/h7,9-21,28-29H,1,8,22H2,2-6H3,(H,34,37)(H,35,39). The molecule has 2 atom stereocenters. The van der Waals surface area contributed by atoms with Crippen LogP contribution in [0.2, 0.25) is 0 Å². The van der Waals surface area contributed by atoms with Gasteiger partial charge < -0.3 is 20.3 Å². The van der Waals surface area contributed by atoms with Gasteiger partial charge in [0.15, 0.2) is 0 Å². The van der Waals surface area contributed by atoms with Crippen LogP contribution >= 0.6 is 0 Å². The first-order valence-electron chi connectivity index (χ1n) is 13.4. The lowest BCUT2D eigenvalue weighted by molar-refractivity contribution is -0.140. The minimum absolute atomic E-state index is 0.226. The predicted molar refractivity (Wildman–Crippen MR) is 160 cm³/mol. The molecule has 3 rings (SSSR count). The lowest BCUT2D eigenvalue weighted by atomic mass is 9.98. The van der Waals surface area contributed by atoms with Gasteiger partial charge in [-0.3, -0.25) is 9.59 Å². The molecule has 2 N–H and O–H groups in total. The minimum atomic E-state index is -0.964. The van der Waals surface area contributed by atoms with Crippen molar-refractivity contribution in [2.24, 2.45) is 0 Å². The fourth-order valence-corrected chi connectivity index (χ4v) is 4.41. The van der Waals surface area contributed by atoms with E-state index < -0.39 is 29.7 Å². The lowest BCUT2D eigenvalue weighted by Gasteiger charge is -2.34. The number of ether oxygens (including phenoxy) is 1. The first-order chi connectivity index (χ1) is 19.0. The highest BCUT2D eigenvalue weighted by Crippen LogP contribution is 2.27. The van der Waals surface area contributed by atoms with Crippen LogP contribution in [0, 0.1) is 6.92 Å². The Hall–Kier alpha value is -4.39. The van der Waals surface area contributed by atoms with E-state index in [-0.39, 0.29) is 18.9 Å². The van der Waals surface area contributed by atoms with Crippen molar-refractivity contribution in [1.82, 2.24) is 10.2 Å². The van der Waals surface area contributed by atoms with Gasteiger partial charge in [-0.05, 0) is 69.0 Å². The van der Waals surface area contributed by atoms with E-state index in [9.17, 15) is 14.4 Å². The van der Waals surface area contributed by atoms with Crippen molar-refractivity contribution in [2.75, 3.05) is 11.9 Å². The summed E-state index contributed by atoms with van der Waals surface area (Å²) in [5.74, 6) is -0.757. The first kappa shape index (κ1) is 30.2. The molecule has 0 saturated carbocycles. The summed E-state index contributed by atoms with van der Waals surface area (Å²) in [5.41, 5.74) is 3.14. The Bertz CT molecular complexity index is 1330. The molecule has 3 aromatic rings. The fourth-order valence-electron chi connectivity index (χ4n) is 4.41. The Kier molecular flexibility index (Phi) is 10.3. The van der Waals surface area contributed by atoms with Crippen LogP contribution in [0.1, 0.15) is 56.0 Å². The Morgan fingerprint density at radius 1 is 0.975 bits per heavy atom. The number of carbonyl (C=O) groups excluding carboxylic acids is 3. The van der Waals surface area contributed by atoms with Gasteiger partial charge in [0.1, 0.15) is 17.7 Å². The third-order valence-electron chi connectivity index (χ3n) is 6.32. The smallest absolute Gasteiger partial charge is 0.408 e. The molecule has 0 aromatic heterocycles. The molecule has 210 valence electrons. The number of likely N-dealkylation sites (N-methyl/N-ethyl adjacent to an activating group) is 1. The third kappa shape index (κ3) is 8.30. The Morgan fingerprint density at radius 3 is 2.27 bits per heavy atom. The molecule has 0 aliphatic heterocycles. The zero-order valence-electron chi connectivity index (χ0n) is 23.9. The van der Waals surface area contributed by atoms with Crippen LogP contribution in [0.25, 0.3) is 6.08 Å². The maximum atomic E-state index is 14.2. The number of para-hydroxylation sites is 1. The molecule has 0 aliphatic carbocycles. The molecule has 40 heavy (non-hydrogen) atoms. The van der Waals surface area contributed by atoms with E-state index in [0.29, 0.717) is 11.3 Å². The number of rotatable bonds is 10. The second-order valence-electron chi connectivity index (χ2n) is 10.6. The van der Waals surface area contributed by atoms with Crippen molar-refractivity contribution >= 4 is 29.7 Å². The van der Waals surface area contributed by atoms with Crippen molar-refractivity contribution in [3.63, 3.8) is 0 Å². The summed E-state index contributed by atoms with van der Waals surface area (Å²) in [6.45, 7) is 13.1. The van der Waals surface area contributed by atoms with Crippen LogP contribution in [0.4, 0.5) is 10.5 Å². The summed E-state index contributed by atoms with van der Waals surface area (Å²) in [6, 6.07) is 22.4. The predicted octanol–water partition coefficient (Wildman–Crippen LogP) is 6.30. The van der Waals surface area contributed by atoms with Crippen LogP contribution in [0.3, 0.4) is 0 Å². The molecule has 2 unspecified atom stereocenters. The highest BCUT2D eigenvalue weighted by atomic mass is 16.6. The lowest BCUT2D eigenvalue weighted by Crippen LogP contribution is -2.53. The first-order valence-corrected chi connectivity index (χ1v) is 13.4. The van der Waals surface area contributed by atoms with Crippen LogP contribution in [0.5, 0.6) is 0 Å². The van der Waals surface area contributed by atoms with E-state index in [2.05, 4.69) is 17.2 Å². The number of nitrogens with one attached hydrogen (secondary N) is 2. The molecule has 0 heterocycles. The van der Waals surface area contributed by atoms with Crippen LogP contribution in [0.15, 0.2) is 85.4 Å². The number of hydrogen-bond donors (Lipinski definition) is 2. The summed E-state index contributed by atoms with van der Waals surface area (Å²) in [7, 11) is 0. The molecule has 3 aromatic carbocycles. The van der Waals surface area contributed by atoms with E-state index in [4.69, 9.17) is 4.74 Å². The van der Waals surface area contributed by atoms with Gasteiger partial charge in [-0.15, -0.1) is 0 Å². The fraction of sp³-hybridized carbons (Fsp3) is 0.303. The number of aryl methyl sites for hydroxylation is 1. The number of anilines is 1. The third-order valence-corrected chi connectivity index (χ3v) is 6.32.